The second kappa shape index (κ2) is 19.0. The Balaban J connectivity index is 2.16. The zero-order valence-electron chi connectivity index (χ0n) is 33.5. The molecule has 302 valence electrons. The number of esters is 1. The molecule has 0 bridgehead atoms. The largest absolute Gasteiger partial charge is 0.459 e. The summed E-state index contributed by atoms with van der Waals surface area (Å²) < 4.78 is 37.0. The van der Waals surface area contributed by atoms with Gasteiger partial charge in [0, 0.05) is 49.6 Å². The van der Waals surface area contributed by atoms with E-state index >= 15 is 0 Å². The Morgan fingerprint density at radius 3 is 2.21 bits per heavy atom. The zero-order valence-corrected chi connectivity index (χ0v) is 34.2. The fourth-order valence-corrected chi connectivity index (χ4v) is 8.28. The molecular weight excluding hydrogens is 708 g/mol. The first kappa shape index (κ1) is 45.0. The quantitative estimate of drug-likeness (QED) is 0.296. The predicted molar refractivity (Wildman–Crippen MR) is 199 cm³/mol. The second-order valence-corrected chi connectivity index (χ2v) is 16.1. The molecular formula is C39H63ClN2O11. The highest BCUT2D eigenvalue weighted by Gasteiger charge is 2.53. The number of likely N-dealkylation sites (N-methyl/N-ethyl adjacent to an activating group) is 1. The van der Waals surface area contributed by atoms with E-state index < -0.39 is 83.7 Å². The summed E-state index contributed by atoms with van der Waals surface area (Å²) in [7, 11) is 6.64. The molecule has 0 spiro atoms. The SMILES string of the molecule is CC[C@H]1OC(=O)[C@H](C)[C@@H](OC(=O)NCc2ccc(Cl)cc2)[C@H](C)[C@@H](O[C@@H]2O[C@H](C)C[C@H](N(C)C)[C@H]2O)[C@](C)(OC)C[C@@H](C)C(=O)[C@H](C)[C@@H](OC)[C@]1(C)O. The van der Waals surface area contributed by atoms with Gasteiger partial charge in [0.15, 0.2) is 6.29 Å². The Hall–Kier alpha value is -2.36. The van der Waals surface area contributed by atoms with Gasteiger partial charge in [-0.05, 0) is 78.7 Å². The summed E-state index contributed by atoms with van der Waals surface area (Å²) in [5.74, 6) is -4.30. The molecule has 3 rings (SSSR count). The molecule has 2 heterocycles. The van der Waals surface area contributed by atoms with Crippen molar-refractivity contribution in [3.05, 3.63) is 34.9 Å². The van der Waals surface area contributed by atoms with Crippen LogP contribution in [0, 0.1) is 23.7 Å². The van der Waals surface area contributed by atoms with Crippen molar-refractivity contribution in [1.82, 2.24) is 10.2 Å². The van der Waals surface area contributed by atoms with Crippen LogP contribution in [0.3, 0.4) is 0 Å². The van der Waals surface area contributed by atoms with E-state index in [1.807, 2.05) is 25.9 Å². The Morgan fingerprint density at radius 1 is 1.04 bits per heavy atom. The first-order valence-electron chi connectivity index (χ1n) is 18.6. The maximum absolute atomic E-state index is 14.1. The number of hydrogen-bond donors (Lipinski definition) is 3. The summed E-state index contributed by atoms with van der Waals surface area (Å²) in [6, 6.07) is 6.66. The molecule has 0 aliphatic carbocycles. The van der Waals surface area contributed by atoms with Crippen molar-refractivity contribution in [3.8, 4) is 0 Å². The first-order chi connectivity index (χ1) is 24.7. The van der Waals surface area contributed by atoms with Gasteiger partial charge >= 0.3 is 12.1 Å². The lowest BCUT2D eigenvalue weighted by atomic mass is 9.73. The summed E-state index contributed by atoms with van der Waals surface area (Å²) in [4.78, 5) is 43.7. The van der Waals surface area contributed by atoms with E-state index in [4.69, 9.17) is 40.0 Å². The Labute approximate surface area is 320 Å². The standard InChI is InChI=1S/C39H63ClN2O11/c1-13-29-39(8,47)34(48-11)23(4)30(43)21(2)19-38(7,49-12)33(53-36-31(44)28(42(9)10)18-22(3)50-36)24(5)32(25(6)35(45)51-29)52-37(46)41-20-26-14-16-27(40)17-15-26/h14-17,21-25,28-29,31-34,36,44,47H,13,18-20H2,1-12H3,(H,41,46)/t21-,22-,23+,24+,25-,28+,29-,31-,32+,33-,34-,36+,38-,39-/m1/s1. The number of ketones is 1. The molecule has 0 saturated carbocycles. The summed E-state index contributed by atoms with van der Waals surface area (Å²) in [5.41, 5.74) is -2.26. The van der Waals surface area contributed by atoms with Crippen LogP contribution < -0.4 is 5.32 Å². The lowest BCUT2D eigenvalue weighted by molar-refractivity contribution is -0.301. The van der Waals surface area contributed by atoms with E-state index in [9.17, 15) is 24.6 Å². The number of rotatable bonds is 9. The van der Waals surface area contributed by atoms with Crippen LogP contribution >= 0.6 is 11.6 Å². The summed E-state index contributed by atoms with van der Waals surface area (Å²) in [6.07, 6.45) is -6.69. The summed E-state index contributed by atoms with van der Waals surface area (Å²) in [5, 5.41) is 26.7. The molecule has 2 aliphatic rings. The second-order valence-electron chi connectivity index (χ2n) is 15.7. The van der Waals surface area contributed by atoms with Crippen molar-refractivity contribution in [2.24, 2.45) is 23.7 Å². The number of ether oxygens (including phenoxy) is 6. The molecule has 1 amide bonds. The van der Waals surface area contributed by atoms with Crippen LogP contribution in [0.25, 0.3) is 0 Å². The lowest BCUT2D eigenvalue weighted by Gasteiger charge is -2.48. The van der Waals surface area contributed by atoms with E-state index in [1.54, 1.807) is 65.8 Å². The van der Waals surface area contributed by atoms with Crippen LogP contribution in [0.4, 0.5) is 4.79 Å². The molecule has 13 nitrogen and oxygen atoms in total. The molecule has 1 aromatic carbocycles. The van der Waals surface area contributed by atoms with Gasteiger partial charge in [0.05, 0.1) is 29.8 Å². The van der Waals surface area contributed by atoms with Gasteiger partial charge in [-0.2, -0.15) is 0 Å². The van der Waals surface area contributed by atoms with E-state index in [0.717, 1.165) is 5.56 Å². The van der Waals surface area contributed by atoms with Crippen LogP contribution in [0.1, 0.15) is 80.2 Å². The zero-order chi connectivity index (χ0) is 40.0. The maximum Gasteiger partial charge on any atom is 0.407 e. The van der Waals surface area contributed by atoms with Gasteiger partial charge in [0.25, 0.3) is 0 Å². The average molecular weight is 771 g/mol. The number of carbonyl (C=O) groups is 3. The van der Waals surface area contributed by atoms with Gasteiger partial charge in [-0.15, -0.1) is 0 Å². The van der Waals surface area contributed by atoms with Gasteiger partial charge in [0.2, 0.25) is 0 Å². The Morgan fingerprint density at radius 2 is 1.66 bits per heavy atom. The van der Waals surface area contributed by atoms with Crippen molar-refractivity contribution >= 4 is 29.4 Å². The molecule has 0 unspecified atom stereocenters. The number of methoxy groups -OCH3 is 2. The molecule has 2 fully saturated rings. The van der Waals surface area contributed by atoms with Crippen LogP contribution in [-0.4, -0.2) is 121 Å². The number of aliphatic hydroxyl groups is 2. The molecule has 2 aliphatic heterocycles. The molecule has 14 atom stereocenters. The smallest absolute Gasteiger partial charge is 0.407 e. The highest BCUT2D eigenvalue weighted by Crippen LogP contribution is 2.40. The van der Waals surface area contributed by atoms with E-state index in [-0.39, 0.29) is 37.3 Å². The number of nitrogens with one attached hydrogen (secondary N) is 1. The minimum Gasteiger partial charge on any atom is -0.459 e. The van der Waals surface area contributed by atoms with Gasteiger partial charge in [-0.25, -0.2) is 4.79 Å². The van der Waals surface area contributed by atoms with Crippen molar-refractivity contribution in [2.75, 3.05) is 28.3 Å². The number of Topliss-reactive ketones (excluding diaryl/α,β-unsaturated/α-hetero) is 1. The fraction of sp³-hybridized carbons (Fsp3) is 0.769. The number of halogens is 1. The number of benzene rings is 1. The number of carbonyl (C=O) groups excluding carboxylic acids is 3. The van der Waals surface area contributed by atoms with Crippen molar-refractivity contribution in [2.45, 2.75) is 141 Å². The van der Waals surface area contributed by atoms with Crippen LogP contribution in [0.5, 0.6) is 0 Å². The molecule has 14 heteroatoms. The molecule has 0 radical (unpaired) electrons. The number of hydrogen-bond acceptors (Lipinski definition) is 12. The Kier molecular flexibility index (Phi) is 16.1. The third-order valence-electron chi connectivity index (χ3n) is 11.3. The van der Waals surface area contributed by atoms with Crippen molar-refractivity contribution < 1.29 is 53.0 Å². The number of alkyl carbamates (subject to hydrolysis) is 1. The number of nitrogens with zero attached hydrogens (tertiary/aromatic N) is 1. The molecule has 53 heavy (non-hydrogen) atoms. The molecule has 0 aromatic heterocycles. The molecule has 1 aromatic rings. The van der Waals surface area contributed by atoms with E-state index in [2.05, 4.69) is 5.32 Å². The number of amides is 1. The minimum atomic E-state index is -1.76. The summed E-state index contributed by atoms with van der Waals surface area (Å²) >= 11 is 6.04. The van der Waals surface area contributed by atoms with Crippen LogP contribution in [-0.2, 0) is 44.6 Å². The predicted octanol–water partition coefficient (Wildman–Crippen LogP) is 4.76. The topological polar surface area (TPSA) is 162 Å². The van der Waals surface area contributed by atoms with Crippen molar-refractivity contribution in [1.29, 1.82) is 0 Å². The maximum atomic E-state index is 14.1. The van der Waals surface area contributed by atoms with Crippen LogP contribution in [0.2, 0.25) is 5.02 Å². The monoisotopic (exact) mass is 770 g/mol. The van der Waals surface area contributed by atoms with E-state index in [0.29, 0.717) is 11.4 Å². The first-order valence-corrected chi connectivity index (χ1v) is 19.0. The molecule has 2 saturated heterocycles. The van der Waals surface area contributed by atoms with Gasteiger partial charge in [-0.3, -0.25) is 9.59 Å². The fourth-order valence-electron chi connectivity index (χ4n) is 8.15. The van der Waals surface area contributed by atoms with Gasteiger partial charge < -0.3 is 48.9 Å². The van der Waals surface area contributed by atoms with Crippen molar-refractivity contribution in [3.63, 3.8) is 0 Å². The average Bonchev–Trinajstić information content (AvgIpc) is 3.10. The highest BCUT2D eigenvalue weighted by molar-refractivity contribution is 6.30. The summed E-state index contributed by atoms with van der Waals surface area (Å²) in [6.45, 7) is 13.9. The lowest BCUT2D eigenvalue weighted by Crippen LogP contribution is -2.61. The third-order valence-corrected chi connectivity index (χ3v) is 11.5. The number of cyclic esters (lactones) is 1. The highest BCUT2D eigenvalue weighted by atomic mass is 35.5. The van der Waals surface area contributed by atoms with E-state index in [1.165, 1.54) is 21.1 Å². The number of aliphatic hydroxyl groups excluding tert-OH is 1. The molecule has 3 N–H and O–H groups in total. The third kappa shape index (κ3) is 10.7. The van der Waals surface area contributed by atoms with Crippen LogP contribution in [0.15, 0.2) is 24.3 Å². The van der Waals surface area contributed by atoms with Gasteiger partial charge in [-0.1, -0.05) is 51.4 Å². The minimum absolute atomic E-state index is 0.120. The normalized spacial score (nSPS) is 39.2. The van der Waals surface area contributed by atoms with Gasteiger partial charge in [0.1, 0.15) is 29.7 Å². The Bertz CT molecular complexity index is 1360.